The molecular weight excluding hydrogens is 292 g/mol. The van der Waals surface area contributed by atoms with E-state index in [-0.39, 0.29) is 12.1 Å². The monoisotopic (exact) mass is 316 g/mol. The standard InChI is InChI=1S/C18H24N2O3/c1-18(2,3)23-17(21)20-10-4-5-14(20)12-22-15-6-7-16-13(11-15)8-9-19-16/h6-9,11,14,19H,4-5,10,12H2,1-3H3. The summed E-state index contributed by atoms with van der Waals surface area (Å²) in [4.78, 5) is 17.2. The number of aromatic nitrogens is 1. The third-order valence-electron chi connectivity index (χ3n) is 3.97. The predicted octanol–water partition coefficient (Wildman–Crippen LogP) is 3.95. The number of amides is 1. The highest BCUT2D eigenvalue weighted by molar-refractivity contribution is 5.80. The van der Waals surface area contributed by atoms with Gasteiger partial charge >= 0.3 is 6.09 Å². The molecule has 1 aromatic heterocycles. The second-order valence-corrected chi connectivity index (χ2v) is 7.01. The summed E-state index contributed by atoms with van der Waals surface area (Å²) < 4.78 is 11.4. The molecule has 1 atom stereocenters. The van der Waals surface area contributed by atoms with E-state index >= 15 is 0 Å². The van der Waals surface area contributed by atoms with Crippen LogP contribution in [-0.2, 0) is 4.74 Å². The van der Waals surface area contributed by atoms with Crippen LogP contribution in [0.1, 0.15) is 33.6 Å². The van der Waals surface area contributed by atoms with Crippen LogP contribution < -0.4 is 4.74 Å². The Morgan fingerprint density at radius 2 is 2.17 bits per heavy atom. The Hall–Kier alpha value is -2.17. The normalized spacial score (nSPS) is 18.4. The molecule has 0 radical (unpaired) electrons. The first-order valence-electron chi connectivity index (χ1n) is 8.12. The Labute approximate surface area is 136 Å². The average molecular weight is 316 g/mol. The molecule has 2 heterocycles. The van der Waals surface area contributed by atoms with Gasteiger partial charge in [-0.05, 0) is 57.9 Å². The Morgan fingerprint density at radius 1 is 1.35 bits per heavy atom. The maximum Gasteiger partial charge on any atom is 0.410 e. The van der Waals surface area contributed by atoms with Crippen molar-refractivity contribution in [3.05, 3.63) is 30.5 Å². The number of hydrogen-bond donors (Lipinski definition) is 1. The zero-order valence-corrected chi connectivity index (χ0v) is 14.0. The summed E-state index contributed by atoms with van der Waals surface area (Å²) in [6.07, 6.45) is 3.61. The SMILES string of the molecule is CC(C)(C)OC(=O)N1CCCC1COc1ccc2[nH]ccc2c1. The van der Waals surface area contributed by atoms with E-state index in [4.69, 9.17) is 9.47 Å². The number of hydrogen-bond acceptors (Lipinski definition) is 3. The summed E-state index contributed by atoms with van der Waals surface area (Å²) in [7, 11) is 0. The molecule has 5 heteroatoms. The second kappa shape index (κ2) is 6.14. The van der Waals surface area contributed by atoms with Crippen molar-refractivity contribution in [1.29, 1.82) is 0 Å². The Bertz CT molecular complexity index is 687. The second-order valence-electron chi connectivity index (χ2n) is 7.01. The van der Waals surface area contributed by atoms with E-state index in [1.54, 1.807) is 4.90 Å². The number of H-pyrrole nitrogens is 1. The van der Waals surface area contributed by atoms with E-state index < -0.39 is 5.60 Å². The summed E-state index contributed by atoms with van der Waals surface area (Å²) in [5.41, 5.74) is 0.623. The zero-order chi connectivity index (χ0) is 16.4. The van der Waals surface area contributed by atoms with Gasteiger partial charge in [0, 0.05) is 23.6 Å². The van der Waals surface area contributed by atoms with Gasteiger partial charge in [0.2, 0.25) is 0 Å². The number of ether oxygens (including phenoxy) is 2. The van der Waals surface area contributed by atoms with E-state index in [0.29, 0.717) is 6.61 Å². The van der Waals surface area contributed by atoms with Crippen LogP contribution in [0.2, 0.25) is 0 Å². The third-order valence-corrected chi connectivity index (χ3v) is 3.97. The van der Waals surface area contributed by atoms with Crippen molar-refractivity contribution in [2.75, 3.05) is 13.2 Å². The van der Waals surface area contributed by atoms with Crippen molar-refractivity contribution in [3.63, 3.8) is 0 Å². The zero-order valence-electron chi connectivity index (χ0n) is 14.0. The Balaban J connectivity index is 1.61. The Kier molecular flexibility index (Phi) is 4.20. The summed E-state index contributed by atoms with van der Waals surface area (Å²) >= 11 is 0. The summed E-state index contributed by atoms with van der Waals surface area (Å²) in [6, 6.07) is 8.06. The minimum absolute atomic E-state index is 0.0757. The predicted molar refractivity (Wildman–Crippen MR) is 89.8 cm³/mol. The number of fused-ring (bicyclic) bond motifs is 1. The number of rotatable bonds is 3. The van der Waals surface area contributed by atoms with Crippen molar-refractivity contribution < 1.29 is 14.3 Å². The lowest BCUT2D eigenvalue weighted by atomic mass is 10.2. The molecule has 0 aliphatic carbocycles. The van der Waals surface area contributed by atoms with Gasteiger partial charge in [-0.1, -0.05) is 0 Å². The molecule has 1 saturated heterocycles. The molecule has 124 valence electrons. The molecule has 3 rings (SSSR count). The maximum absolute atomic E-state index is 12.3. The van der Waals surface area contributed by atoms with Gasteiger partial charge in [-0.2, -0.15) is 0 Å². The molecule has 5 nitrogen and oxygen atoms in total. The Morgan fingerprint density at radius 3 is 2.96 bits per heavy atom. The number of benzene rings is 1. The van der Waals surface area contributed by atoms with Gasteiger partial charge in [0.25, 0.3) is 0 Å². The fraction of sp³-hybridized carbons (Fsp3) is 0.500. The highest BCUT2D eigenvalue weighted by Gasteiger charge is 2.32. The lowest BCUT2D eigenvalue weighted by Crippen LogP contribution is -2.42. The highest BCUT2D eigenvalue weighted by atomic mass is 16.6. The van der Waals surface area contributed by atoms with Crippen LogP contribution in [0.5, 0.6) is 5.75 Å². The number of aromatic amines is 1. The minimum Gasteiger partial charge on any atom is -0.491 e. The molecule has 1 aromatic carbocycles. The first kappa shape index (κ1) is 15.7. The van der Waals surface area contributed by atoms with Crippen LogP contribution in [0.25, 0.3) is 10.9 Å². The summed E-state index contributed by atoms with van der Waals surface area (Å²) in [6.45, 7) is 6.89. The number of carbonyl (C=O) groups is 1. The van der Waals surface area contributed by atoms with Crippen molar-refractivity contribution in [2.24, 2.45) is 0 Å². The van der Waals surface area contributed by atoms with Crippen molar-refractivity contribution in [2.45, 2.75) is 45.3 Å². The van der Waals surface area contributed by atoms with Gasteiger partial charge in [0.05, 0.1) is 6.04 Å². The number of likely N-dealkylation sites (tertiary alicyclic amines) is 1. The van der Waals surface area contributed by atoms with E-state index in [1.807, 2.05) is 51.2 Å². The van der Waals surface area contributed by atoms with Crippen LogP contribution in [0.4, 0.5) is 4.79 Å². The van der Waals surface area contributed by atoms with Gasteiger partial charge in [-0.15, -0.1) is 0 Å². The molecule has 0 bridgehead atoms. The first-order valence-corrected chi connectivity index (χ1v) is 8.12. The van der Waals surface area contributed by atoms with Crippen LogP contribution in [0.3, 0.4) is 0 Å². The molecule has 1 amide bonds. The average Bonchev–Trinajstić information content (AvgIpc) is 3.11. The van der Waals surface area contributed by atoms with Gasteiger partial charge in [-0.25, -0.2) is 4.79 Å². The van der Waals surface area contributed by atoms with E-state index in [1.165, 1.54) is 0 Å². The number of nitrogens with zero attached hydrogens (tertiary/aromatic N) is 1. The highest BCUT2D eigenvalue weighted by Crippen LogP contribution is 2.24. The van der Waals surface area contributed by atoms with E-state index in [0.717, 1.165) is 36.0 Å². The van der Waals surface area contributed by atoms with Crippen LogP contribution in [0, 0.1) is 0 Å². The number of carbonyl (C=O) groups excluding carboxylic acids is 1. The van der Waals surface area contributed by atoms with Gasteiger partial charge in [-0.3, -0.25) is 0 Å². The molecule has 1 aliphatic rings. The molecule has 1 fully saturated rings. The topological polar surface area (TPSA) is 54.6 Å². The molecule has 0 spiro atoms. The lowest BCUT2D eigenvalue weighted by Gasteiger charge is -2.28. The van der Waals surface area contributed by atoms with Gasteiger partial charge in [0.15, 0.2) is 0 Å². The first-order chi connectivity index (χ1) is 10.9. The number of nitrogens with one attached hydrogen (secondary N) is 1. The molecule has 1 unspecified atom stereocenters. The van der Waals surface area contributed by atoms with Crippen LogP contribution in [-0.4, -0.2) is 40.8 Å². The fourth-order valence-corrected chi connectivity index (χ4v) is 2.88. The van der Waals surface area contributed by atoms with Crippen molar-refractivity contribution in [1.82, 2.24) is 9.88 Å². The quantitative estimate of drug-likeness (QED) is 0.933. The third kappa shape index (κ3) is 3.78. The minimum atomic E-state index is -0.468. The van der Waals surface area contributed by atoms with Crippen molar-refractivity contribution in [3.8, 4) is 5.75 Å². The molecule has 2 aromatic rings. The van der Waals surface area contributed by atoms with Crippen molar-refractivity contribution >= 4 is 17.0 Å². The van der Waals surface area contributed by atoms with E-state index in [9.17, 15) is 4.79 Å². The molecular formula is C18H24N2O3. The smallest absolute Gasteiger partial charge is 0.410 e. The van der Waals surface area contributed by atoms with E-state index in [2.05, 4.69) is 4.98 Å². The molecule has 23 heavy (non-hydrogen) atoms. The molecule has 1 N–H and O–H groups in total. The van der Waals surface area contributed by atoms with Gasteiger partial charge < -0.3 is 19.4 Å². The summed E-state index contributed by atoms with van der Waals surface area (Å²) in [5.74, 6) is 0.827. The maximum atomic E-state index is 12.3. The molecule has 1 aliphatic heterocycles. The van der Waals surface area contributed by atoms with Crippen LogP contribution >= 0.6 is 0 Å². The van der Waals surface area contributed by atoms with Gasteiger partial charge in [0.1, 0.15) is 18.0 Å². The fourth-order valence-electron chi connectivity index (χ4n) is 2.88. The van der Waals surface area contributed by atoms with Crippen LogP contribution in [0.15, 0.2) is 30.5 Å². The lowest BCUT2D eigenvalue weighted by molar-refractivity contribution is 0.0187. The molecule has 0 saturated carbocycles. The summed E-state index contributed by atoms with van der Waals surface area (Å²) in [5, 5.41) is 1.12. The largest absolute Gasteiger partial charge is 0.491 e.